The van der Waals surface area contributed by atoms with E-state index in [1.165, 1.54) is 16.4 Å². The third-order valence-electron chi connectivity index (χ3n) is 3.43. The van der Waals surface area contributed by atoms with Gasteiger partial charge in [-0.1, -0.05) is 0 Å². The normalized spacial score (nSPS) is 20.2. The number of hydrogen-bond donors (Lipinski definition) is 0. The Morgan fingerprint density at radius 3 is 2.62 bits per heavy atom. The van der Waals surface area contributed by atoms with E-state index >= 15 is 0 Å². The van der Waals surface area contributed by atoms with E-state index in [2.05, 4.69) is 0 Å². The van der Waals surface area contributed by atoms with Crippen molar-refractivity contribution in [3.05, 3.63) is 30.1 Å². The smallest absolute Gasteiger partial charge is 0.324 e. The fourth-order valence-corrected chi connectivity index (χ4v) is 4.06. The maximum atomic E-state index is 12.9. The van der Waals surface area contributed by atoms with Crippen LogP contribution in [0.4, 0.5) is 4.39 Å². The van der Waals surface area contributed by atoms with Gasteiger partial charge in [0.2, 0.25) is 10.0 Å². The number of rotatable bonds is 4. The molecule has 0 spiro atoms. The topological polar surface area (TPSA) is 63.7 Å². The first kappa shape index (κ1) is 15.9. The summed E-state index contributed by atoms with van der Waals surface area (Å²) < 4.78 is 44.3. The van der Waals surface area contributed by atoms with Gasteiger partial charge in [-0.3, -0.25) is 4.79 Å². The van der Waals surface area contributed by atoms with Gasteiger partial charge in [-0.25, -0.2) is 12.8 Å². The van der Waals surface area contributed by atoms with Gasteiger partial charge in [0.15, 0.2) is 0 Å². The molecule has 1 aliphatic rings. The van der Waals surface area contributed by atoms with Crippen molar-refractivity contribution in [3.63, 3.8) is 0 Å². The van der Waals surface area contributed by atoms with E-state index in [1.54, 1.807) is 6.92 Å². The summed E-state index contributed by atoms with van der Waals surface area (Å²) >= 11 is 0. The van der Waals surface area contributed by atoms with E-state index in [-0.39, 0.29) is 18.0 Å². The number of hydrogen-bond acceptors (Lipinski definition) is 4. The minimum Gasteiger partial charge on any atom is -0.465 e. The van der Waals surface area contributed by atoms with Crippen LogP contribution in [0.5, 0.6) is 0 Å². The first-order valence-electron chi connectivity index (χ1n) is 6.91. The first-order valence-corrected chi connectivity index (χ1v) is 8.35. The third kappa shape index (κ3) is 3.41. The second-order valence-corrected chi connectivity index (χ2v) is 6.72. The molecule has 0 bridgehead atoms. The molecule has 1 unspecified atom stereocenters. The molecule has 5 nitrogen and oxygen atoms in total. The van der Waals surface area contributed by atoms with Crippen molar-refractivity contribution in [2.45, 2.75) is 37.1 Å². The summed E-state index contributed by atoms with van der Waals surface area (Å²) in [6.45, 7) is 2.16. The van der Waals surface area contributed by atoms with Crippen LogP contribution in [0.15, 0.2) is 29.2 Å². The Labute approximate surface area is 123 Å². The molecule has 1 heterocycles. The van der Waals surface area contributed by atoms with E-state index in [4.69, 9.17) is 4.74 Å². The molecule has 0 N–H and O–H groups in total. The molecule has 1 aromatic carbocycles. The lowest BCUT2D eigenvalue weighted by Gasteiger charge is -2.32. The molecule has 1 aromatic rings. The van der Waals surface area contributed by atoms with Crippen LogP contribution in [0, 0.1) is 5.82 Å². The summed E-state index contributed by atoms with van der Waals surface area (Å²) in [4.78, 5) is 11.9. The van der Waals surface area contributed by atoms with Crippen molar-refractivity contribution in [1.29, 1.82) is 0 Å². The number of sulfonamides is 1. The fraction of sp³-hybridized carbons (Fsp3) is 0.500. The molecule has 0 amide bonds. The lowest BCUT2D eigenvalue weighted by atomic mass is 10.1. The Balaban J connectivity index is 2.31. The minimum absolute atomic E-state index is 0.0138. The summed E-state index contributed by atoms with van der Waals surface area (Å²) in [6.07, 6.45) is 1.91. The lowest BCUT2D eigenvalue weighted by Crippen LogP contribution is -2.48. The third-order valence-corrected chi connectivity index (χ3v) is 5.35. The van der Waals surface area contributed by atoms with Crippen molar-refractivity contribution >= 4 is 16.0 Å². The quantitative estimate of drug-likeness (QED) is 0.797. The number of ether oxygens (including phenoxy) is 1. The van der Waals surface area contributed by atoms with Crippen molar-refractivity contribution in [2.75, 3.05) is 13.2 Å². The Hall–Kier alpha value is -1.47. The Kier molecular flexibility index (Phi) is 4.95. The van der Waals surface area contributed by atoms with Crippen molar-refractivity contribution in [3.8, 4) is 0 Å². The van der Waals surface area contributed by atoms with Gasteiger partial charge in [0.05, 0.1) is 11.5 Å². The van der Waals surface area contributed by atoms with Gasteiger partial charge < -0.3 is 4.74 Å². The molecule has 1 atom stereocenters. The number of nitrogens with zero attached hydrogens (tertiary/aromatic N) is 1. The van der Waals surface area contributed by atoms with Gasteiger partial charge in [0, 0.05) is 6.54 Å². The largest absolute Gasteiger partial charge is 0.465 e. The van der Waals surface area contributed by atoms with Gasteiger partial charge in [0.25, 0.3) is 0 Å². The van der Waals surface area contributed by atoms with Crippen molar-refractivity contribution in [1.82, 2.24) is 4.31 Å². The van der Waals surface area contributed by atoms with Crippen LogP contribution in [-0.2, 0) is 19.6 Å². The number of piperidine rings is 1. The zero-order valence-corrected chi connectivity index (χ0v) is 12.6. The van der Waals surface area contributed by atoms with E-state index in [0.717, 1.165) is 18.6 Å². The Bertz CT molecular complexity index is 600. The summed E-state index contributed by atoms with van der Waals surface area (Å²) in [5.74, 6) is -1.03. The summed E-state index contributed by atoms with van der Waals surface area (Å²) in [5.41, 5.74) is 0. The van der Waals surface area contributed by atoms with Gasteiger partial charge in [-0.05, 0) is 50.5 Å². The maximum Gasteiger partial charge on any atom is 0.324 e. The highest BCUT2D eigenvalue weighted by Gasteiger charge is 2.38. The molecular formula is C14H18FNO4S. The number of carbonyl (C=O) groups excluding carboxylic acids is 1. The molecule has 0 radical (unpaired) electrons. The average Bonchev–Trinajstić information content (AvgIpc) is 2.48. The molecule has 0 saturated carbocycles. The highest BCUT2D eigenvalue weighted by Crippen LogP contribution is 2.26. The molecule has 1 fully saturated rings. The second-order valence-electron chi connectivity index (χ2n) is 4.83. The molecule has 1 aliphatic heterocycles. The molecule has 0 aliphatic carbocycles. The highest BCUT2D eigenvalue weighted by molar-refractivity contribution is 7.89. The lowest BCUT2D eigenvalue weighted by molar-refractivity contribution is -0.148. The number of halogens is 1. The molecule has 2 rings (SSSR count). The molecule has 21 heavy (non-hydrogen) atoms. The summed E-state index contributed by atoms with van der Waals surface area (Å²) in [7, 11) is -3.83. The average molecular weight is 315 g/mol. The monoisotopic (exact) mass is 315 g/mol. The summed E-state index contributed by atoms with van der Waals surface area (Å²) in [6, 6.07) is 3.81. The Morgan fingerprint density at radius 1 is 1.33 bits per heavy atom. The summed E-state index contributed by atoms with van der Waals surface area (Å²) in [5, 5.41) is 0. The predicted molar refractivity (Wildman–Crippen MR) is 74.6 cm³/mol. The highest BCUT2D eigenvalue weighted by atomic mass is 32.2. The molecule has 0 aromatic heterocycles. The zero-order valence-electron chi connectivity index (χ0n) is 11.8. The van der Waals surface area contributed by atoms with Gasteiger partial charge in [-0.15, -0.1) is 0 Å². The van der Waals surface area contributed by atoms with Crippen LogP contribution in [0.2, 0.25) is 0 Å². The van der Waals surface area contributed by atoms with Crippen LogP contribution >= 0.6 is 0 Å². The number of benzene rings is 1. The fourth-order valence-electron chi connectivity index (χ4n) is 2.41. The first-order chi connectivity index (χ1) is 9.96. The standard InChI is InChI=1S/C14H18FNO4S/c1-2-20-14(17)13-5-3-4-10-16(13)21(18,19)12-8-6-11(15)7-9-12/h6-9,13H,2-5,10H2,1H3. The molecular weight excluding hydrogens is 297 g/mol. The van der Waals surface area contributed by atoms with E-state index in [9.17, 15) is 17.6 Å². The van der Waals surface area contributed by atoms with Gasteiger partial charge in [0.1, 0.15) is 11.9 Å². The van der Waals surface area contributed by atoms with Crippen LogP contribution < -0.4 is 0 Å². The van der Waals surface area contributed by atoms with E-state index in [1.807, 2.05) is 0 Å². The molecule has 1 saturated heterocycles. The van der Waals surface area contributed by atoms with Crippen molar-refractivity contribution in [2.24, 2.45) is 0 Å². The SMILES string of the molecule is CCOC(=O)C1CCCCN1S(=O)(=O)c1ccc(F)cc1. The van der Waals surface area contributed by atoms with Crippen LogP contribution in [-0.4, -0.2) is 37.9 Å². The number of esters is 1. The maximum absolute atomic E-state index is 12.9. The second kappa shape index (κ2) is 6.53. The van der Waals surface area contributed by atoms with E-state index < -0.39 is 27.9 Å². The Morgan fingerprint density at radius 2 is 2.00 bits per heavy atom. The minimum atomic E-state index is -3.83. The molecule has 116 valence electrons. The zero-order chi connectivity index (χ0) is 15.5. The van der Waals surface area contributed by atoms with Crippen LogP contribution in [0.3, 0.4) is 0 Å². The van der Waals surface area contributed by atoms with Gasteiger partial charge in [-0.2, -0.15) is 4.31 Å². The number of carbonyl (C=O) groups is 1. The van der Waals surface area contributed by atoms with Crippen LogP contribution in [0.25, 0.3) is 0 Å². The van der Waals surface area contributed by atoms with Crippen LogP contribution in [0.1, 0.15) is 26.2 Å². The predicted octanol–water partition coefficient (Wildman–Crippen LogP) is 1.93. The van der Waals surface area contributed by atoms with E-state index in [0.29, 0.717) is 12.8 Å². The van der Waals surface area contributed by atoms with Crippen molar-refractivity contribution < 1.29 is 22.3 Å². The van der Waals surface area contributed by atoms with Gasteiger partial charge >= 0.3 is 5.97 Å². The molecule has 7 heteroatoms.